The summed E-state index contributed by atoms with van der Waals surface area (Å²) in [6.07, 6.45) is 4.48. The number of nitrogens with one attached hydrogen (secondary N) is 2. The lowest BCUT2D eigenvalue weighted by atomic mass is 10.0. The third kappa shape index (κ3) is 4.08. The fourth-order valence-electron chi connectivity index (χ4n) is 2.86. The molecule has 5 nitrogen and oxygen atoms in total. The van der Waals surface area contributed by atoms with E-state index in [2.05, 4.69) is 46.2 Å². The van der Waals surface area contributed by atoms with Crippen LogP contribution in [0.2, 0.25) is 0 Å². The summed E-state index contributed by atoms with van der Waals surface area (Å²) in [5.41, 5.74) is 2.34. The quantitative estimate of drug-likeness (QED) is 0.464. The SMILES string of the molecule is C=CCNC(=O)CCCNc1ncnc2sc(C)c(-c3ccccc3)c12. The van der Waals surface area contributed by atoms with Crippen LogP contribution in [0.3, 0.4) is 0 Å². The molecule has 0 atom stereocenters. The maximum Gasteiger partial charge on any atom is 0.220 e. The van der Waals surface area contributed by atoms with Gasteiger partial charge in [0, 0.05) is 30.0 Å². The molecule has 0 radical (unpaired) electrons. The van der Waals surface area contributed by atoms with Gasteiger partial charge < -0.3 is 10.6 Å². The first-order valence-corrected chi connectivity index (χ1v) is 9.43. The number of rotatable bonds is 8. The van der Waals surface area contributed by atoms with Gasteiger partial charge in [0.1, 0.15) is 17.0 Å². The molecule has 2 N–H and O–H groups in total. The van der Waals surface area contributed by atoms with Crippen molar-refractivity contribution in [3.8, 4) is 11.1 Å². The van der Waals surface area contributed by atoms with E-state index < -0.39 is 0 Å². The lowest BCUT2D eigenvalue weighted by Gasteiger charge is -2.09. The molecule has 0 unspecified atom stereocenters. The van der Waals surface area contributed by atoms with Crippen LogP contribution < -0.4 is 10.6 Å². The van der Waals surface area contributed by atoms with Crippen LogP contribution in [0, 0.1) is 6.92 Å². The molecule has 2 heterocycles. The van der Waals surface area contributed by atoms with E-state index >= 15 is 0 Å². The fraction of sp³-hybridized carbons (Fsp3) is 0.250. The number of carbonyl (C=O) groups excluding carboxylic acids is 1. The van der Waals surface area contributed by atoms with Gasteiger partial charge in [0.05, 0.1) is 5.39 Å². The van der Waals surface area contributed by atoms with Gasteiger partial charge in [-0.15, -0.1) is 17.9 Å². The number of anilines is 1. The third-order valence-corrected chi connectivity index (χ3v) is 5.06. The van der Waals surface area contributed by atoms with Crippen LogP contribution in [0.25, 0.3) is 21.3 Å². The Morgan fingerprint density at radius 3 is 2.85 bits per heavy atom. The van der Waals surface area contributed by atoms with Crippen LogP contribution in [-0.4, -0.2) is 29.0 Å². The van der Waals surface area contributed by atoms with Crippen LogP contribution in [0.1, 0.15) is 17.7 Å². The van der Waals surface area contributed by atoms with Gasteiger partial charge in [-0.25, -0.2) is 9.97 Å². The Bertz CT molecular complexity index is 905. The van der Waals surface area contributed by atoms with Gasteiger partial charge >= 0.3 is 0 Å². The van der Waals surface area contributed by atoms with Crippen molar-refractivity contribution in [2.45, 2.75) is 19.8 Å². The molecule has 26 heavy (non-hydrogen) atoms. The van der Waals surface area contributed by atoms with Gasteiger partial charge in [-0.2, -0.15) is 0 Å². The smallest absolute Gasteiger partial charge is 0.220 e. The van der Waals surface area contributed by atoms with Crippen molar-refractivity contribution in [1.82, 2.24) is 15.3 Å². The van der Waals surface area contributed by atoms with Gasteiger partial charge in [-0.05, 0) is 18.9 Å². The standard InChI is InChI=1S/C20H22N4OS/c1-3-11-21-16(25)10-7-12-22-19-18-17(15-8-5-4-6-9-15)14(2)26-20(18)24-13-23-19/h3-6,8-9,13H,1,7,10-12H2,2H3,(H,21,25)(H,22,23,24). The molecule has 0 saturated heterocycles. The van der Waals surface area contributed by atoms with E-state index in [1.165, 1.54) is 10.4 Å². The Morgan fingerprint density at radius 2 is 2.08 bits per heavy atom. The van der Waals surface area contributed by atoms with Crippen molar-refractivity contribution < 1.29 is 4.79 Å². The number of fused-ring (bicyclic) bond motifs is 1. The topological polar surface area (TPSA) is 66.9 Å². The second-order valence-electron chi connectivity index (χ2n) is 5.92. The Balaban J connectivity index is 1.77. The molecule has 0 aliphatic rings. The summed E-state index contributed by atoms with van der Waals surface area (Å²) in [6.45, 7) is 6.89. The molecular weight excluding hydrogens is 344 g/mol. The summed E-state index contributed by atoms with van der Waals surface area (Å²) in [5, 5.41) is 7.22. The Hall–Kier alpha value is -2.73. The minimum Gasteiger partial charge on any atom is -0.369 e. The van der Waals surface area contributed by atoms with E-state index in [-0.39, 0.29) is 5.91 Å². The van der Waals surface area contributed by atoms with E-state index in [1.807, 2.05) is 18.2 Å². The zero-order valence-electron chi connectivity index (χ0n) is 14.8. The lowest BCUT2D eigenvalue weighted by molar-refractivity contribution is -0.120. The maximum absolute atomic E-state index is 11.7. The van der Waals surface area contributed by atoms with Crippen molar-refractivity contribution >= 4 is 33.3 Å². The lowest BCUT2D eigenvalue weighted by Crippen LogP contribution is -2.23. The van der Waals surface area contributed by atoms with E-state index in [1.54, 1.807) is 23.7 Å². The van der Waals surface area contributed by atoms with E-state index in [9.17, 15) is 4.79 Å². The van der Waals surface area contributed by atoms with Crippen LogP contribution in [0.5, 0.6) is 0 Å². The molecule has 3 rings (SSSR count). The van der Waals surface area contributed by atoms with Crippen LogP contribution in [0.4, 0.5) is 5.82 Å². The Labute approximate surface area is 157 Å². The van der Waals surface area contributed by atoms with Crippen LogP contribution in [-0.2, 0) is 4.79 Å². The third-order valence-electron chi connectivity index (χ3n) is 4.04. The Kier molecular flexibility index (Phi) is 5.96. The second kappa shape index (κ2) is 8.58. The number of thiophene rings is 1. The summed E-state index contributed by atoms with van der Waals surface area (Å²) in [7, 11) is 0. The minimum atomic E-state index is 0.0379. The number of hydrogen-bond donors (Lipinski definition) is 2. The van der Waals surface area contributed by atoms with Crippen molar-refractivity contribution in [3.05, 3.63) is 54.2 Å². The van der Waals surface area contributed by atoms with E-state index in [0.717, 1.165) is 28.0 Å². The molecule has 0 aliphatic carbocycles. The summed E-state index contributed by atoms with van der Waals surface area (Å²) in [5.74, 6) is 0.862. The number of aromatic nitrogens is 2. The molecule has 134 valence electrons. The molecule has 1 amide bonds. The first kappa shape index (κ1) is 18.1. The highest BCUT2D eigenvalue weighted by molar-refractivity contribution is 7.19. The van der Waals surface area contributed by atoms with Gasteiger partial charge in [0.25, 0.3) is 0 Å². The van der Waals surface area contributed by atoms with Crippen LogP contribution >= 0.6 is 11.3 Å². The number of nitrogens with zero attached hydrogens (tertiary/aromatic N) is 2. The van der Waals surface area contributed by atoms with Gasteiger partial charge in [-0.1, -0.05) is 36.4 Å². The summed E-state index contributed by atoms with van der Waals surface area (Å²) >= 11 is 1.68. The predicted molar refractivity (Wildman–Crippen MR) is 109 cm³/mol. The molecule has 3 aromatic rings. The average molecular weight is 366 g/mol. The first-order valence-electron chi connectivity index (χ1n) is 8.61. The molecule has 0 saturated carbocycles. The van der Waals surface area contributed by atoms with E-state index in [0.29, 0.717) is 19.5 Å². The number of hydrogen-bond acceptors (Lipinski definition) is 5. The zero-order chi connectivity index (χ0) is 18.4. The zero-order valence-corrected chi connectivity index (χ0v) is 15.6. The largest absolute Gasteiger partial charge is 0.369 e. The van der Waals surface area contributed by atoms with Gasteiger partial charge in [0.2, 0.25) is 5.91 Å². The monoisotopic (exact) mass is 366 g/mol. The van der Waals surface area contributed by atoms with E-state index in [4.69, 9.17) is 0 Å². The molecule has 0 bridgehead atoms. The predicted octanol–water partition coefficient (Wildman–Crippen LogP) is 4.16. The fourth-order valence-corrected chi connectivity index (χ4v) is 3.87. The maximum atomic E-state index is 11.7. The average Bonchev–Trinajstić information content (AvgIpc) is 3.00. The molecule has 0 fully saturated rings. The highest BCUT2D eigenvalue weighted by Gasteiger charge is 2.16. The molecule has 6 heteroatoms. The molecule has 1 aromatic carbocycles. The number of carbonyl (C=O) groups is 1. The number of amides is 1. The second-order valence-corrected chi connectivity index (χ2v) is 7.13. The highest BCUT2D eigenvalue weighted by atomic mass is 32.1. The van der Waals surface area contributed by atoms with Crippen molar-refractivity contribution in [3.63, 3.8) is 0 Å². The number of benzene rings is 1. The summed E-state index contributed by atoms with van der Waals surface area (Å²) in [4.78, 5) is 22.7. The summed E-state index contributed by atoms with van der Waals surface area (Å²) < 4.78 is 0. The Morgan fingerprint density at radius 1 is 1.27 bits per heavy atom. The molecule has 2 aromatic heterocycles. The molecule has 0 spiro atoms. The van der Waals surface area contributed by atoms with Gasteiger partial charge in [-0.3, -0.25) is 4.79 Å². The van der Waals surface area contributed by atoms with Crippen molar-refractivity contribution in [2.75, 3.05) is 18.4 Å². The molecular formula is C20H22N4OS. The van der Waals surface area contributed by atoms with Crippen LogP contribution in [0.15, 0.2) is 49.3 Å². The van der Waals surface area contributed by atoms with Crippen molar-refractivity contribution in [1.29, 1.82) is 0 Å². The highest BCUT2D eigenvalue weighted by Crippen LogP contribution is 2.40. The van der Waals surface area contributed by atoms with Gasteiger partial charge in [0.15, 0.2) is 0 Å². The minimum absolute atomic E-state index is 0.0379. The summed E-state index contributed by atoms with van der Waals surface area (Å²) in [6, 6.07) is 10.3. The first-order chi connectivity index (χ1) is 12.7. The normalized spacial score (nSPS) is 10.7. The van der Waals surface area contributed by atoms with Crippen molar-refractivity contribution in [2.24, 2.45) is 0 Å². The number of aryl methyl sites for hydroxylation is 1. The molecule has 0 aliphatic heterocycles.